The second-order valence-corrected chi connectivity index (χ2v) is 9.65. The zero-order valence-electron chi connectivity index (χ0n) is 21.8. The number of aryl methyl sites for hydroxylation is 2. The maximum absolute atomic E-state index is 13.2. The number of ether oxygens (including phenoxy) is 2. The van der Waals surface area contributed by atoms with Gasteiger partial charge in [-0.1, -0.05) is 35.3 Å². The molecule has 1 aliphatic rings. The zero-order chi connectivity index (χ0) is 29.0. The molecule has 0 aliphatic carbocycles. The van der Waals surface area contributed by atoms with Crippen LogP contribution < -0.4 is 25.0 Å². The first-order valence-electron chi connectivity index (χ1n) is 12.2. The highest BCUT2D eigenvalue weighted by atomic mass is 35.5. The molecule has 1 fully saturated rings. The van der Waals surface area contributed by atoms with Crippen LogP contribution in [-0.2, 0) is 14.4 Å². The summed E-state index contributed by atoms with van der Waals surface area (Å²) in [5.41, 5.74) is 3.12. The maximum atomic E-state index is 13.2. The Morgan fingerprint density at radius 3 is 2.40 bits per heavy atom. The normalized spacial score (nSPS) is 14.3. The third-order valence-electron chi connectivity index (χ3n) is 5.99. The lowest BCUT2D eigenvalue weighted by Crippen LogP contribution is -2.54. The Bertz CT molecular complexity index is 1550. The van der Waals surface area contributed by atoms with Crippen molar-refractivity contribution in [3.05, 3.63) is 86.9 Å². The fourth-order valence-electron chi connectivity index (χ4n) is 3.84. The minimum absolute atomic E-state index is 0.141. The van der Waals surface area contributed by atoms with E-state index in [9.17, 15) is 19.2 Å². The van der Waals surface area contributed by atoms with E-state index in [0.29, 0.717) is 29.4 Å². The van der Waals surface area contributed by atoms with Gasteiger partial charge in [-0.05, 0) is 86.0 Å². The molecular weight excluding hydrogens is 557 g/mol. The van der Waals surface area contributed by atoms with Gasteiger partial charge < -0.3 is 14.8 Å². The highest BCUT2D eigenvalue weighted by Crippen LogP contribution is 2.32. The van der Waals surface area contributed by atoms with Crippen LogP contribution in [-0.4, -0.2) is 37.0 Å². The lowest BCUT2D eigenvalue weighted by atomic mass is 10.1. The number of nitrogens with zero attached hydrogens (tertiary/aromatic N) is 1. The molecule has 0 bridgehead atoms. The quantitative estimate of drug-likeness (QED) is 0.261. The molecule has 40 heavy (non-hydrogen) atoms. The van der Waals surface area contributed by atoms with Crippen molar-refractivity contribution < 1.29 is 28.7 Å². The molecule has 0 aromatic heterocycles. The number of rotatable bonds is 8. The Morgan fingerprint density at radius 1 is 0.925 bits per heavy atom. The number of carbonyl (C=O) groups excluding carboxylic acids is 4. The van der Waals surface area contributed by atoms with Gasteiger partial charge in [0.25, 0.3) is 17.7 Å². The average molecular weight is 582 g/mol. The molecule has 2 N–H and O–H groups in total. The smallest absolute Gasteiger partial charge is 0.335 e. The molecule has 206 valence electrons. The number of imide groups is 2. The van der Waals surface area contributed by atoms with Crippen LogP contribution in [0, 0.1) is 13.8 Å². The van der Waals surface area contributed by atoms with Gasteiger partial charge >= 0.3 is 6.03 Å². The summed E-state index contributed by atoms with van der Waals surface area (Å²) in [6.07, 6.45) is 1.33. The van der Waals surface area contributed by atoms with Crippen LogP contribution in [0.15, 0.2) is 60.2 Å². The number of urea groups is 1. The maximum Gasteiger partial charge on any atom is 0.335 e. The van der Waals surface area contributed by atoms with Crippen LogP contribution in [0.3, 0.4) is 0 Å². The van der Waals surface area contributed by atoms with Gasteiger partial charge in [0.1, 0.15) is 5.57 Å². The Hall–Kier alpha value is -4.34. The van der Waals surface area contributed by atoms with E-state index >= 15 is 0 Å². The number of amides is 5. The lowest BCUT2D eigenvalue weighted by Gasteiger charge is -2.26. The zero-order valence-corrected chi connectivity index (χ0v) is 23.4. The Balaban J connectivity index is 1.53. The number of nitrogens with one attached hydrogen (secondary N) is 2. The molecule has 1 heterocycles. The molecular formula is C29H25Cl2N3O6. The van der Waals surface area contributed by atoms with Crippen molar-refractivity contribution in [2.75, 3.05) is 23.4 Å². The summed E-state index contributed by atoms with van der Waals surface area (Å²) in [6, 6.07) is 13.6. The second kappa shape index (κ2) is 12.2. The first-order valence-corrected chi connectivity index (χ1v) is 13.0. The number of hydrogen-bond acceptors (Lipinski definition) is 6. The summed E-state index contributed by atoms with van der Waals surface area (Å²) in [4.78, 5) is 51.5. The summed E-state index contributed by atoms with van der Waals surface area (Å²) >= 11 is 12.0. The van der Waals surface area contributed by atoms with Gasteiger partial charge in [-0.15, -0.1) is 0 Å². The van der Waals surface area contributed by atoms with Crippen molar-refractivity contribution in [1.29, 1.82) is 0 Å². The number of halogens is 2. The van der Waals surface area contributed by atoms with Crippen molar-refractivity contribution in [1.82, 2.24) is 5.32 Å². The minimum atomic E-state index is -0.914. The first kappa shape index (κ1) is 28.7. The molecule has 1 aliphatic heterocycles. The van der Waals surface area contributed by atoms with Crippen LogP contribution in [0.2, 0.25) is 10.0 Å². The number of benzene rings is 3. The molecule has 0 saturated carbocycles. The van der Waals surface area contributed by atoms with Crippen molar-refractivity contribution in [2.24, 2.45) is 0 Å². The third kappa shape index (κ3) is 6.44. The van der Waals surface area contributed by atoms with Gasteiger partial charge in [-0.3, -0.25) is 19.7 Å². The van der Waals surface area contributed by atoms with Crippen LogP contribution in [0.1, 0.15) is 23.6 Å². The van der Waals surface area contributed by atoms with E-state index in [1.807, 2.05) is 32.0 Å². The Morgan fingerprint density at radius 2 is 1.70 bits per heavy atom. The van der Waals surface area contributed by atoms with Crippen LogP contribution in [0.5, 0.6) is 11.5 Å². The molecule has 1 saturated heterocycles. The standard InChI is InChI=1S/C29H25Cl2N3O6/c1-4-39-25-13-18(6-10-24(25)40-15-26(35)32-19-7-5-16(2)17(3)11-19)12-21-27(36)33-29(38)34(28(21)37)20-8-9-22(30)23(31)14-20/h5-14H,4,15H2,1-3H3,(H,32,35)(H,33,36,38)/b21-12-. The molecule has 0 unspecified atom stereocenters. The molecule has 0 radical (unpaired) electrons. The number of barbiturate groups is 1. The molecule has 11 heteroatoms. The van der Waals surface area contributed by atoms with Crippen molar-refractivity contribution in [3.8, 4) is 11.5 Å². The van der Waals surface area contributed by atoms with Gasteiger partial charge in [0.05, 0.1) is 22.3 Å². The van der Waals surface area contributed by atoms with E-state index in [1.54, 1.807) is 25.1 Å². The van der Waals surface area contributed by atoms with Gasteiger partial charge in [-0.25, -0.2) is 9.69 Å². The lowest BCUT2D eigenvalue weighted by molar-refractivity contribution is -0.122. The first-order chi connectivity index (χ1) is 19.1. The molecule has 9 nitrogen and oxygen atoms in total. The van der Waals surface area contributed by atoms with Crippen molar-refractivity contribution >= 4 is 64.4 Å². The molecule has 3 aromatic rings. The van der Waals surface area contributed by atoms with Gasteiger partial charge in [0.15, 0.2) is 18.1 Å². The van der Waals surface area contributed by atoms with Gasteiger partial charge in [0, 0.05) is 5.69 Å². The summed E-state index contributed by atoms with van der Waals surface area (Å²) in [5, 5.41) is 5.33. The van der Waals surface area contributed by atoms with Crippen molar-refractivity contribution in [3.63, 3.8) is 0 Å². The SMILES string of the molecule is CCOc1cc(/C=C2/C(=O)NC(=O)N(c3ccc(Cl)c(Cl)c3)C2=O)ccc1OCC(=O)Nc1ccc(C)c(C)c1. The number of carbonyl (C=O) groups is 4. The summed E-state index contributed by atoms with van der Waals surface area (Å²) in [5.74, 6) is -1.45. The fourth-order valence-corrected chi connectivity index (χ4v) is 4.14. The molecule has 0 atom stereocenters. The molecule has 3 aromatic carbocycles. The van der Waals surface area contributed by atoms with Crippen LogP contribution in [0.4, 0.5) is 16.2 Å². The third-order valence-corrected chi connectivity index (χ3v) is 6.73. The van der Waals surface area contributed by atoms with E-state index in [0.717, 1.165) is 16.0 Å². The number of hydrogen-bond donors (Lipinski definition) is 2. The fraction of sp³-hybridized carbons (Fsp3) is 0.172. The monoisotopic (exact) mass is 581 g/mol. The Kier molecular flexibility index (Phi) is 8.77. The molecule has 5 amide bonds. The summed E-state index contributed by atoms with van der Waals surface area (Å²) < 4.78 is 11.4. The molecule has 0 spiro atoms. The van der Waals surface area contributed by atoms with E-state index in [1.165, 1.54) is 24.3 Å². The predicted molar refractivity (Wildman–Crippen MR) is 153 cm³/mol. The molecule has 4 rings (SSSR count). The summed E-state index contributed by atoms with van der Waals surface area (Å²) in [6.45, 7) is 5.75. The minimum Gasteiger partial charge on any atom is -0.490 e. The summed E-state index contributed by atoms with van der Waals surface area (Å²) in [7, 11) is 0. The van der Waals surface area contributed by atoms with Gasteiger partial charge in [-0.2, -0.15) is 0 Å². The van der Waals surface area contributed by atoms with E-state index < -0.39 is 17.8 Å². The Labute approximate surface area is 240 Å². The number of anilines is 2. The predicted octanol–water partition coefficient (Wildman–Crippen LogP) is 5.69. The largest absolute Gasteiger partial charge is 0.490 e. The second-order valence-electron chi connectivity index (χ2n) is 8.83. The highest BCUT2D eigenvalue weighted by Gasteiger charge is 2.37. The van der Waals surface area contributed by atoms with E-state index in [-0.39, 0.29) is 33.8 Å². The van der Waals surface area contributed by atoms with E-state index in [4.69, 9.17) is 32.7 Å². The average Bonchev–Trinajstić information content (AvgIpc) is 2.90. The van der Waals surface area contributed by atoms with Crippen molar-refractivity contribution in [2.45, 2.75) is 20.8 Å². The van der Waals surface area contributed by atoms with Crippen LogP contribution >= 0.6 is 23.2 Å². The topological polar surface area (TPSA) is 114 Å². The van der Waals surface area contributed by atoms with Gasteiger partial charge in [0.2, 0.25) is 0 Å². The van der Waals surface area contributed by atoms with Crippen LogP contribution in [0.25, 0.3) is 6.08 Å². The highest BCUT2D eigenvalue weighted by molar-refractivity contribution is 6.43. The van der Waals surface area contributed by atoms with E-state index in [2.05, 4.69) is 10.6 Å².